The molecule has 1 aliphatic heterocycles. The van der Waals surface area contributed by atoms with Gasteiger partial charge in [0, 0.05) is 27.8 Å². The van der Waals surface area contributed by atoms with Crippen LogP contribution in [0.2, 0.25) is 0 Å². The minimum absolute atomic E-state index is 0.160. The average molecular weight is 560 g/mol. The largest absolute Gasteiger partial charge is 0.469 e. The fourth-order valence-corrected chi connectivity index (χ4v) is 5.19. The molecule has 10 heteroatoms. The van der Waals surface area contributed by atoms with E-state index in [1.165, 1.54) is 13.2 Å². The molecule has 0 radical (unpaired) electrons. The quantitative estimate of drug-likeness (QED) is 0.207. The summed E-state index contributed by atoms with van der Waals surface area (Å²) in [5, 5.41) is 9.73. The van der Waals surface area contributed by atoms with E-state index >= 15 is 0 Å². The van der Waals surface area contributed by atoms with Gasteiger partial charge in [0.15, 0.2) is 11.0 Å². The number of aliphatic imine (C=N–C) groups is 1. The van der Waals surface area contributed by atoms with Crippen molar-refractivity contribution in [2.45, 2.75) is 30.5 Å². The van der Waals surface area contributed by atoms with Crippen LogP contribution in [-0.4, -0.2) is 64.8 Å². The number of rotatable bonds is 9. The molecule has 2 aromatic carbocycles. The molecule has 184 valence electrons. The highest BCUT2D eigenvalue weighted by Crippen LogP contribution is 2.37. The lowest BCUT2D eigenvalue weighted by atomic mass is 10.00. The summed E-state index contributed by atoms with van der Waals surface area (Å²) in [6.07, 6.45) is 1.52. The zero-order chi connectivity index (χ0) is 24.9. The van der Waals surface area contributed by atoms with Crippen molar-refractivity contribution in [3.8, 4) is 5.69 Å². The summed E-state index contributed by atoms with van der Waals surface area (Å²) in [6, 6.07) is 11.9. The van der Waals surface area contributed by atoms with E-state index in [4.69, 9.17) is 9.73 Å². The lowest BCUT2D eigenvalue weighted by Crippen LogP contribution is -2.13. The summed E-state index contributed by atoms with van der Waals surface area (Å²) >= 11 is 5.19. The number of ether oxygens (including phenoxy) is 1. The molecule has 0 spiro atoms. The highest BCUT2D eigenvalue weighted by Gasteiger charge is 2.30. The Balaban J connectivity index is 1.84. The van der Waals surface area contributed by atoms with Gasteiger partial charge in [-0.15, -0.1) is 10.2 Å². The Bertz CT molecular complexity index is 1250. The zero-order valence-electron chi connectivity index (χ0n) is 19.9. The second-order valence-electron chi connectivity index (χ2n) is 8.43. The Morgan fingerprint density at radius 2 is 2.00 bits per heavy atom. The van der Waals surface area contributed by atoms with E-state index in [9.17, 15) is 9.18 Å². The lowest BCUT2D eigenvalue weighted by molar-refractivity contribution is -0.140. The maximum atomic E-state index is 15.0. The highest BCUT2D eigenvalue weighted by atomic mass is 79.9. The van der Waals surface area contributed by atoms with Crippen LogP contribution >= 0.6 is 27.7 Å². The second-order valence-corrected chi connectivity index (χ2v) is 10.4. The van der Waals surface area contributed by atoms with Gasteiger partial charge in [-0.25, -0.2) is 4.39 Å². The molecule has 1 aromatic heterocycles. The molecule has 1 aliphatic rings. The molecule has 0 amide bonds. The standard InChI is InChI=1S/C25H27BrFN5O2S/c1-31(2)13-6-14-35-25-30-29-24-20(10-12-22(33)34-3)28-23(17-7-4-5-8-19(17)27)18-15-16(26)9-11-21(18)32(24)25/h4-5,7-9,11,15,20H,6,10,12-14H2,1-3H3/t20-/m0/s1. The number of hydrogen-bond acceptors (Lipinski definition) is 7. The smallest absolute Gasteiger partial charge is 0.305 e. The number of carbonyl (C=O) groups excluding carboxylic acids is 1. The fourth-order valence-electron chi connectivity index (χ4n) is 3.96. The summed E-state index contributed by atoms with van der Waals surface area (Å²) in [7, 11) is 5.46. The van der Waals surface area contributed by atoms with Crippen LogP contribution in [0.15, 0.2) is 57.1 Å². The van der Waals surface area contributed by atoms with E-state index in [1.54, 1.807) is 30.0 Å². The molecule has 2 heterocycles. The molecule has 1 atom stereocenters. The third-order valence-electron chi connectivity index (χ3n) is 5.66. The van der Waals surface area contributed by atoms with Crippen molar-refractivity contribution in [1.29, 1.82) is 0 Å². The Morgan fingerprint density at radius 3 is 2.74 bits per heavy atom. The van der Waals surface area contributed by atoms with Gasteiger partial charge in [-0.05, 0) is 63.8 Å². The molecule has 4 rings (SSSR count). The second kappa shape index (κ2) is 11.5. The van der Waals surface area contributed by atoms with Gasteiger partial charge in [0.2, 0.25) is 0 Å². The minimum atomic E-state index is -0.501. The average Bonchev–Trinajstić information content (AvgIpc) is 3.20. The summed E-state index contributed by atoms with van der Waals surface area (Å²) in [4.78, 5) is 19.1. The molecule has 0 aliphatic carbocycles. The Labute approximate surface area is 216 Å². The van der Waals surface area contributed by atoms with Gasteiger partial charge in [0.25, 0.3) is 0 Å². The maximum absolute atomic E-state index is 15.0. The van der Waals surface area contributed by atoms with Gasteiger partial charge in [-0.2, -0.15) is 0 Å². The number of fused-ring (bicyclic) bond motifs is 3. The van der Waals surface area contributed by atoms with Crippen molar-refractivity contribution >= 4 is 39.4 Å². The number of esters is 1. The normalized spacial score (nSPS) is 14.8. The van der Waals surface area contributed by atoms with Crippen molar-refractivity contribution < 1.29 is 13.9 Å². The zero-order valence-corrected chi connectivity index (χ0v) is 22.3. The van der Waals surface area contributed by atoms with Gasteiger partial charge < -0.3 is 9.64 Å². The maximum Gasteiger partial charge on any atom is 0.305 e. The monoisotopic (exact) mass is 559 g/mol. The van der Waals surface area contributed by atoms with Gasteiger partial charge in [0.1, 0.15) is 11.9 Å². The predicted molar refractivity (Wildman–Crippen MR) is 139 cm³/mol. The Hall–Kier alpha value is -2.56. The lowest BCUT2D eigenvalue weighted by Gasteiger charge is -2.14. The first-order valence-electron chi connectivity index (χ1n) is 11.3. The highest BCUT2D eigenvalue weighted by molar-refractivity contribution is 9.10. The van der Waals surface area contributed by atoms with Crippen LogP contribution in [0.1, 0.15) is 42.3 Å². The first-order chi connectivity index (χ1) is 16.9. The number of hydrogen-bond donors (Lipinski definition) is 0. The number of carbonyl (C=O) groups is 1. The molecule has 0 saturated carbocycles. The van der Waals surface area contributed by atoms with E-state index in [0.29, 0.717) is 23.5 Å². The first kappa shape index (κ1) is 25.5. The molecule has 3 aromatic rings. The fraction of sp³-hybridized carbons (Fsp3) is 0.360. The van der Waals surface area contributed by atoms with Crippen molar-refractivity contribution in [2.24, 2.45) is 4.99 Å². The van der Waals surface area contributed by atoms with Gasteiger partial charge in [-0.3, -0.25) is 14.4 Å². The molecule has 7 nitrogen and oxygen atoms in total. The van der Waals surface area contributed by atoms with Gasteiger partial charge >= 0.3 is 5.97 Å². The summed E-state index contributed by atoms with van der Waals surface area (Å²) in [6.45, 7) is 0.972. The Kier molecular flexibility index (Phi) is 8.35. The van der Waals surface area contributed by atoms with E-state index in [1.807, 2.05) is 22.8 Å². The molecule has 0 N–H and O–H groups in total. The predicted octanol–water partition coefficient (Wildman–Crippen LogP) is 5.06. The molecule has 35 heavy (non-hydrogen) atoms. The number of halogens is 2. The molecule has 0 bridgehead atoms. The first-order valence-corrected chi connectivity index (χ1v) is 13.1. The van der Waals surface area contributed by atoms with Crippen molar-refractivity contribution in [2.75, 3.05) is 33.5 Å². The Morgan fingerprint density at radius 1 is 1.20 bits per heavy atom. The molecule has 0 saturated heterocycles. The van der Waals surface area contributed by atoms with Gasteiger partial charge in [-0.1, -0.05) is 39.8 Å². The van der Waals surface area contributed by atoms with Crippen LogP contribution in [0.5, 0.6) is 0 Å². The summed E-state index contributed by atoms with van der Waals surface area (Å²) in [5.41, 5.74) is 2.50. The SMILES string of the molecule is COC(=O)CC[C@@H]1N=C(c2ccccc2F)c2cc(Br)ccc2-n2c(SCCCN(C)C)nnc21. The van der Waals surface area contributed by atoms with Crippen LogP contribution in [0.3, 0.4) is 0 Å². The summed E-state index contributed by atoms with van der Waals surface area (Å²) < 4.78 is 22.7. The van der Waals surface area contributed by atoms with Crippen LogP contribution in [-0.2, 0) is 9.53 Å². The van der Waals surface area contributed by atoms with E-state index < -0.39 is 6.04 Å². The molecule has 0 unspecified atom stereocenters. The van der Waals surface area contributed by atoms with Crippen molar-refractivity contribution in [3.63, 3.8) is 0 Å². The number of aromatic nitrogens is 3. The van der Waals surface area contributed by atoms with Crippen molar-refractivity contribution in [1.82, 2.24) is 19.7 Å². The molecular formula is C25H27BrFN5O2S. The number of benzene rings is 2. The van der Waals surface area contributed by atoms with Gasteiger partial charge in [0.05, 0.1) is 18.5 Å². The summed E-state index contributed by atoms with van der Waals surface area (Å²) in [5.74, 6) is 0.802. The third kappa shape index (κ3) is 5.82. The molecular weight excluding hydrogens is 533 g/mol. The van der Waals surface area contributed by atoms with E-state index in [-0.39, 0.29) is 18.2 Å². The number of thioether (sulfide) groups is 1. The minimum Gasteiger partial charge on any atom is -0.469 e. The topological polar surface area (TPSA) is 72.6 Å². The number of nitrogens with zero attached hydrogens (tertiary/aromatic N) is 5. The molecule has 0 fully saturated rings. The van der Waals surface area contributed by atoms with Crippen LogP contribution in [0.4, 0.5) is 4.39 Å². The van der Waals surface area contributed by atoms with E-state index in [0.717, 1.165) is 39.6 Å². The number of methoxy groups -OCH3 is 1. The van der Waals surface area contributed by atoms with Crippen molar-refractivity contribution in [3.05, 3.63) is 69.7 Å². The van der Waals surface area contributed by atoms with Crippen LogP contribution in [0, 0.1) is 5.82 Å². The third-order valence-corrected chi connectivity index (χ3v) is 7.16. The van der Waals surface area contributed by atoms with E-state index in [2.05, 4.69) is 45.1 Å². The van der Waals surface area contributed by atoms with Crippen LogP contribution in [0.25, 0.3) is 5.69 Å². The van der Waals surface area contributed by atoms with Crippen LogP contribution < -0.4 is 0 Å².